The van der Waals surface area contributed by atoms with Crippen LogP contribution in [0.2, 0.25) is 0 Å². The molecule has 0 radical (unpaired) electrons. The fraction of sp³-hybridized carbons (Fsp3) is 0.238. The van der Waals surface area contributed by atoms with Crippen LogP contribution >= 0.6 is 11.3 Å². The van der Waals surface area contributed by atoms with Gasteiger partial charge in [-0.1, -0.05) is 41.7 Å². The van der Waals surface area contributed by atoms with E-state index in [1.165, 1.54) is 29.0 Å². The standard InChI is InChI=1S/C21H19FN4OS/c22-16-8-6-14(7-9-16)18-13-26-21(24-18)28-20(25-26)23-17-10-11-27-19(12-17)15-4-2-1-3-5-15/h1-9,13,17,19H,10-12H2,(H,23,25). The summed E-state index contributed by atoms with van der Waals surface area (Å²) in [5.41, 5.74) is 2.89. The van der Waals surface area contributed by atoms with Gasteiger partial charge in [-0.25, -0.2) is 13.9 Å². The Labute approximate surface area is 165 Å². The molecule has 1 saturated heterocycles. The fourth-order valence-electron chi connectivity index (χ4n) is 3.52. The monoisotopic (exact) mass is 394 g/mol. The van der Waals surface area contributed by atoms with Gasteiger partial charge in [0.15, 0.2) is 0 Å². The highest BCUT2D eigenvalue weighted by molar-refractivity contribution is 7.20. The van der Waals surface area contributed by atoms with E-state index in [2.05, 4.69) is 27.5 Å². The van der Waals surface area contributed by atoms with E-state index in [0.29, 0.717) is 6.04 Å². The van der Waals surface area contributed by atoms with Gasteiger partial charge in [-0.15, -0.1) is 5.10 Å². The number of nitrogens with one attached hydrogen (secondary N) is 1. The fourth-order valence-corrected chi connectivity index (χ4v) is 4.38. The Bertz CT molecular complexity index is 1050. The maximum absolute atomic E-state index is 13.1. The van der Waals surface area contributed by atoms with E-state index in [0.717, 1.165) is 40.8 Å². The van der Waals surface area contributed by atoms with Crippen LogP contribution in [0.4, 0.5) is 9.52 Å². The smallest absolute Gasteiger partial charge is 0.214 e. The van der Waals surface area contributed by atoms with Crippen molar-refractivity contribution in [3.8, 4) is 11.3 Å². The van der Waals surface area contributed by atoms with Gasteiger partial charge in [-0.3, -0.25) is 0 Å². The van der Waals surface area contributed by atoms with Crippen LogP contribution in [-0.2, 0) is 4.74 Å². The Morgan fingerprint density at radius 1 is 1.11 bits per heavy atom. The van der Waals surface area contributed by atoms with Crippen LogP contribution in [0.5, 0.6) is 0 Å². The molecule has 2 aromatic heterocycles. The van der Waals surface area contributed by atoms with Crippen molar-refractivity contribution in [3.05, 3.63) is 72.2 Å². The number of rotatable bonds is 4. The van der Waals surface area contributed by atoms with Crippen LogP contribution in [0.3, 0.4) is 0 Å². The number of anilines is 1. The van der Waals surface area contributed by atoms with Gasteiger partial charge in [-0.2, -0.15) is 0 Å². The first-order valence-electron chi connectivity index (χ1n) is 9.30. The number of imidazole rings is 1. The van der Waals surface area contributed by atoms with Crippen molar-refractivity contribution < 1.29 is 9.13 Å². The van der Waals surface area contributed by atoms with Crippen molar-refractivity contribution >= 4 is 21.4 Å². The molecule has 5 rings (SSSR count). The van der Waals surface area contributed by atoms with Crippen LogP contribution in [0.1, 0.15) is 24.5 Å². The highest BCUT2D eigenvalue weighted by Crippen LogP contribution is 2.31. The Morgan fingerprint density at radius 2 is 1.93 bits per heavy atom. The lowest BCUT2D eigenvalue weighted by atomic mass is 9.98. The molecule has 1 aliphatic heterocycles. The van der Waals surface area contributed by atoms with Crippen LogP contribution in [0.25, 0.3) is 16.2 Å². The zero-order valence-corrected chi connectivity index (χ0v) is 15.9. The third-order valence-corrected chi connectivity index (χ3v) is 5.82. The van der Waals surface area contributed by atoms with Crippen LogP contribution < -0.4 is 5.32 Å². The maximum Gasteiger partial charge on any atom is 0.214 e. The van der Waals surface area contributed by atoms with E-state index < -0.39 is 0 Å². The molecule has 0 saturated carbocycles. The number of halogens is 1. The molecule has 1 aliphatic rings. The van der Waals surface area contributed by atoms with Crippen LogP contribution in [0, 0.1) is 5.82 Å². The molecule has 142 valence electrons. The van der Waals surface area contributed by atoms with Crippen molar-refractivity contribution in [3.63, 3.8) is 0 Å². The number of ether oxygens (including phenoxy) is 1. The normalized spacial score (nSPS) is 19.8. The second-order valence-corrected chi connectivity index (χ2v) is 7.86. The first-order valence-corrected chi connectivity index (χ1v) is 10.1. The minimum Gasteiger partial charge on any atom is -0.373 e. The van der Waals surface area contributed by atoms with Crippen molar-refractivity contribution in [2.24, 2.45) is 0 Å². The zero-order chi connectivity index (χ0) is 18.9. The van der Waals surface area contributed by atoms with E-state index in [1.54, 1.807) is 16.6 Å². The lowest BCUT2D eigenvalue weighted by Gasteiger charge is -2.30. The Morgan fingerprint density at radius 3 is 2.71 bits per heavy atom. The maximum atomic E-state index is 13.1. The predicted molar refractivity (Wildman–Crippen MR) is 108 cm³/mol. The first kappa shape index (κ1) is 17.3. The summed E-state index contributed by atoms with van der Waals surface area (Å²) in [7, 11) is 0. The summed E-state index contributed by atoms with van der Waals surface area (Å²) in [5.74, 6) is -0.250. The lowest BCUT2D eigenvalue weighted by molar-refractivity contribution is 0.00978. The molecule has 5 nitrogen and oxygen atoms in total. The molecule has 28 heavy (non-hydrogen) atoms. The van der Waals surface area contributed by atoms with E-state index in [1.807, 2.05) is 24.4 Å². The summed E-state index contributed by atoms with van der Waals surface area (Å²) < 4.78 is 20.8. The van der Waals surface area contributed by atoms with Crippen molar-refractivity contribution in [2.75, 3.05) is 11.9 Å². The summed E-state index contributed by atoms with van der Waals surface area (Å²) in [5, 5.41) is 9.01. The number of fused-ring (bicyclic) bond motifs is 1. The minimum atomic E-state index is -0.250. The second kappa shape index (κ2) is 7.33. The zero-order valence-electron chi connectivity index (χ0n) is 15.1. The molecule has 1 fully saturated rings. The Kier molecular flexibility index (Phi) is 4.54. The summed E-state index contributed by atoms with van der Waals surface area (Å²) in [4.78, 5) is 5.43. The summed E-state index contributed by atoms with van der Waals surface area (Å²) in [6.07, 6.45) is 3.85. The van der Waals surface area contributed by atoms with Gasteiger partial charge in [0.1, 0.15) is 5.82 Å². The van der Waals surface area contributed by atoms with Crippen molar-refractivity contribution in [1.82, 2.24) is 14.6 Å². The van der Waals surface area contributed by atoms with Gasteiger partial charge in [-0.05, 0) is 42.7 Å². The number of hydrogen-bond acceptors (Lipinski definition) is 5. The van der Waals surface area contributed by atoms with Crippen molar-refractivity contribution in [2.45, 2.75) is 25.0 Å². The molecular formula is C21H19FN4OS. The summed E-state index contributed by atoms with van der Waals surface area (Å²) in [6, 6.07) is 17.0. The SMILES string of the molecule is Fc1ccc(-c2cn3nc(NC4CCOC(c5ccccc5)C4)sc3n2)cc1. The number of aromatic nitrogens is 3. The van der Waals surface area contributed by atoms with Crippen LogP contribution in [-0.4, -0.2) is 27.2 Å². The van der Waals surface area contributed by atoms with E-state index in [9.17, 15) is 4.39 Å². The molecule has 0 spiro atoms. The molecule has 0 amide bonds. The molecule has 2 unspecified atom stereocenters. The van der Waals surface area contributed by atoms with E-state index >= 15 is 0 Å². The summed E-state index contributed by atoms with van der Waals surface area (Å²) in [6.45, 7) is 0.731. The van der Waals surface area contributed by atoms with Gasteiger partial charge in [0.05, 0.1) is 18.0 Å². The molecule has 4 aromatic rings. The predicted octanol–water partition coefficient (Wildman–Crippen LogP) is 4.93. The molecule has 7 heteroatoms. The third-order valence-electron chi connectivity index (χ3n) is 4.97. The number of hydrogen-bond donors (Lipinski definition) is 1. The number of benzene rings is 2. The Hall–Kier alpha value is -2.77. The molecular weight excluding hydrogens is 375 g/mol. The highest BCUT2D eigenvalue weighted by atomic mass is 32.1. The minimum absolute atomic E-state index is 0.113. The van der Waals surface area contributed by atoms with E-state index in [-0.39, 0.29) is 11.9 Å². The average molecular weight is 394 g/mol. The lowest BCUT2D eigenvalue weighted by Crippen LogP contribution is -2.30. The number of nitrogens with zero attached hydrogens (tertiary/aromatic N) is 3. The second-order valence-electron chi connectivity index (χ2n) is 6.90. The summed E-state index contributed by atoms with van der Waals surface area (Å²) >= 11 is 1.52. The highest BCUT2D eigenvalue weighted by Gasteiger charge is 2.24. The van der Waals surface area contributed by atoms with Gasteiger partial charge in [0.25, 0.3) is 0 Å². The van der Waals surface area contributed by atoms with Gasteiger partial charge in [0, 0.05) is 18.2 Å². The largest absolute Gasteiger partial charge is 0.373 e. The third kappa shape index (κ3) is 3.50. The van der Waals surface area contributed by atoms with Crippen molar-refractivity contribution in [1.29, 1.82) is 0 Å². The topological polar surface area (TPSA) is 51.5 Å². The molecule has 2 aromatic carbocycles. The molecule has 3 heterocycles. The Balaban J connectivity index is 1.30. The van der Waals surface area contributed by atoms with Gasteiger partial charge < -0.3 is 10.1 Å². The average Bonchev–Trinajstić information content (AvgIpc) is 3.28. The molecule has 1 N–H and O–H groups in total. The first-order chi connectivity index (χ1) is 13.7. The van der Waals surface area contributed by atoms with E-state index in [4.69, 9.17) is 4.74 Å². The van der Waals surface area contributed by atoms with Gasteiger partial charge >= 0.3 is 0 Å². The molecule has 0 bridgehead atoms. The molecule has 0 aliphatic carbocycles. The molecule has 2 atom stereocenters. The quantitative estimate of drug-likeness (QED) is 0.533. The van der Waals surface area contributed by atoms with Gasteiger partial charge in [0.2, 0.25) is 10.1 Å². The van der Waals surface area contributed by atoms with Crippen LogP contribution in [0.15, 0.2) is 60.8 Å².